The molecule has 4 nitrogen and oxygen atoms in total. The Balaban J connectivity index is 1.95. The van der Waals surface area contributed by atoms with Gasteiger partial charge in [-0.15, -0.1) is 11.3 Å². The molecule has 2 aromatic rings. The van der Waals surface area contributed by atoms with Crippen molar-refractivity contribution in [2.75, 3.05) is 24.6 Å². The molecule has 1 saturated heterocycles. The van der Waals surface area contributed by atoms with Crippen LogP contribution < -0.4 is 4.90 Å². The molecule has 0 atom stereocenters. The maximum Gasteiger partial charge on any atom is 0.150 e. The van der Waals surface area contributed by atoms with Crippen molar-refractivity contribution in [3.8, 4) is 0 Å². The fourth-order valence-electron chi connectivity index (χ4n) is 1.86. The lowest BCUT2D eigenvalue weighted by atomic mass is 10.0. The number of aromatic nitrogens is 2. The third-order valence-electron chi connectivity index (χ3n) is 2.74. The van der Waals surface area contributed by atoms with Crippen LogP contribution in [0.15, 0.2) is 17.8 Å². The van der Waals surface area contributed by atoms with Crippen LogP contribution in [0.4, 0.5) is 5.82 Å². The van der Waals surface area contributed by atoms with Crippen LogP contribution in [-0.4, -0.2) is 34.8 Å². The van der Waals surface area contributed by atoms with Crippen molar-refractivity contribution in [1.29, 1.82) is 0 Å². The number of hydrogen-bond donors (Lipinski definition) is 1. The largest absolute Gasteiger partial charge is 0.396 e. The zero-order valence-electron chi connectivity index (χ0n) is 8.13. The molecule has 0 radical (unpaired) electrons. The van der Waals surface area contributed by atoms with Crippen molar-refractivity contribution in [3.63, 3.8) is 0 Å². The second-order valence-corrected chi connectivity index (χ2v) is 4.70. The van der Waals surface area contributed by atoms with Gasteiger partial charge in [0.05, 0.1) is 10.2 Å². The number of hydrogen-bond acceptors (Lipinski definition) is 5. The van der Waals surface area contributed by atoms with Crippen LogP contribution in [0.5, 0.6) is 0 Å². The van der Waals surface area contributed by atoms with Crippen LogP contribution in [0.1, 0.15) is 0 Å². The van der Waals surface area contributed by atoms with Gasteiger partial charge < -0.3 is 10.0 Å². The van der Waals surface area contributed by atoms with Gasteiger partial charge in [0.2, 0.25) is 0 Å². The molecule has 3 heterocycles. The summed E-state index contributed by atoms with van der Waals surface area (Å²) in [4.78, 5) is 10.7. The molecule has 0 aliphatic carbocycles. The standard InChI is InChI=1S/C10H11N3OS/c14-5-7-3-13(4-7)10-9-8(1-2-15-9)11-6-12-10/h1-2,6-7,14H,3-5H2. The van der Waals surface area contributed by atoms with E-state index in [0.29, 0.717) is 5.92 Å². The van der Waals surface area contributed by atoms with E-state index in [1.54, 1.807) is 17.7 Å². The Morgan fingerprint density at radius 3 is 3.13 bits per heavy atom. The zero-order chi connectivity index (χ0) is 10.3. The van der Waals surface area contributed by atoms with Crippen LogP contribution >= 0.6 is 11.3 Å². The van der Waals surface area contributed by atoms with E-state index in [1.807, 2.05) is 11.4 Å². The minimum absolute atomic E-state index is 0.273. The maximum atomic E-state index is 8.97. The normalized spacial score (nSPS) is 17.0. The molecule has 1 aliphatic heterocycles. The summed E-state index contributed by atoms with van der Waals surface area (Å²) in [5.41, 5.74) is 1.01. The molecule has 1 aliphatic rings. The van der Waals surface area contributed by atoms with Gasteiger partial charge in [0.25, 0.3) is 0 Å². The fraction of sp³-hybridized carbons (Fsp3) is 0.400. The highest BCUT2D eigenvalue weighted by Crippen LogP contribution is 2.31. The maximum absolute atomic E-state index is 8.97. The van der Waals surface area contributed by atoms with Crippen LogP contribution in [-0.2, 0) is 0 Å². The second-order valence-electron chi connectivity index (χ2n) is 3.79. The first-order chi connectivity index (χ1) is 7.38. The van der Waals surface area contributed by atoms with Crippen molar-refractivity contribution in [2.45, 2.75) is 0 Å². The van der Waals surface area contributed by atoms with E-state index in [4.69, 9.17) is 5.11 Å². The number of nitrogens with zero attached hydrogens (tertiary/aromatic N) is 3. The van der Waals surface area contributed by atoms with Crippen molar-refractivity contribution >= 4 is 27.4 Å². The van der Waals surface area contributed by atoms with Gasteiger partial charge in [-0.3, -0.25) is 0 Å². The Bertz CT molecular complexity index is 478. The van der Waals surface area contributed by atoms with Gasteiger partial charge in [0.1, 0.15) is 12.1 Å². The Morgan fingerprint density at radius 2 is 2.33 bits per heavy atom. The molecule has 5 heteroatoms. The minimum atomic E-state index is 0.273. The topological polar surface area (TPSA) is 49.2 Å². The molecule has 1 fully saturated rings. The SMILES string of the molecule is OCC1CN(c2ncnc3ccsc23)C1. The van der Waals surface area contributed by atoms with Crippen LogP contribution in [0, 0.1) is 5.92 Å². The Morgan fingerprint density at radius 1 is 1.47 bits per heavy atom. The van der Waals surface area contributed by atoms with E-state index in [9.17, 15) is 0 Å². The van der Waals surface area contributed by atoms with Gasteiger partial charge in [-0.2, -0.15) is 0 Å². The quantitative estimate of drug-likeness (QED) is 0.825. The molecule has 15 heavy (non-hydrogen) atoms. The average molecular weight is 221 g/mol. The second kappa shape index (κ2) is 3.43. The molecule has 1 N–H and O–H groups in total. The summed E-state index contributed by atoms with van der Waals surface area (Å²) >= 11 is 1.67. The summed E-state index contributed by atoms with van der Waals surface area (Å²) in [7, 11) is 0. The molecule has 0 bridgehead atoms. The highest BCUT2D eigenvalue weighted by Gasteiger charge is 2.28. The smallest absolute Gasteiger partial charge is 0.150 e. The molecule has 2 aromatic heterocycles. The van der Waals surface area contributed by atoms with Gasteiger partial charge in [-0.1, -0.05) is 0 Å². The molecule has 0 saturated carbocycles. The van der Waals surface area contributed by atoms with Crippen molar-refractivity contribution in [1.82, 2.24) is 9.97 Å². The van der Waals surface area contributed by atoms with Gasteiger partial charge >= 0.3 is 0 Å². The average Bonchev–Trinajstić information content (AvgIpc) is 2.64. The molecule has 0 amide bonds. The number of fused-ring (bicyclic) bond motifs is 1. The summed E-state index contributed by atoms with van der Waals surface area (Å²) in [5, 5.41) is 11.0. The minimum Gasteiger partial charge on any atom is -0.396 e. The van der Waals surface area contributed by atoms with Crippen molar-refractivity contribution < 1.29 is 5.11 Å². The van der Waals surface area contributed by atoms with E-state index < -0.39 is 0 Å². The van der Waals surface area contributed by atoms with Gasteiger partial charge in [-0.05, 0) is 11.4 Å². The molecule has 0 aromatic carbocycles. The number of anilines is 1. The van der Waals surface area contributed by atoms with Crippen molar-refractivity contribution in [3.05, 3.63) is 17.8 Å². The number of thiophene rings is 1. The highest BCUT2D eigenvalue weighted by molar-refractivity contribution is 7.17. The third kappa shape index (κ3) is 1.39. The molecular formula is C10H11N3OS. The Labute approximate surface area is 91.2 Å². The van der Waals surface area contributed by atoms with Gasteiger partial charge in [-0.25, -0.2) is 9.97 Å². The monoisotopic (exact) mass is 221 g/mol. The van der Waals surface area contributed by atoms with Crippen LogP contribution in [0.25, 0.3) is 10.2 Å². The van der Waals surface area contributed by atoms with Crippen LogP contribution in [0.2, 0.25) is 0 Å². The van der Waals surface area contributed by atoms with E-state index in [-0.39, 0.29) is 6.61 Å². The van der Waals surface area contributed by atoms with Crippen molar-refractivity contribution in [2.24, 2.45) is 5.92 Å². The van der Waals surface area contributed by atoms with Crippen LogP contribution in [0.3, 0.4) is 0 Å². The van der Waals surface area contributed by atoms with E-state index in [2.05, 4.69) is 14.9 Å². The first-order valence-electron chi connectivity index (χ1n) is 4.92. The summed E-state index contributed by atoms with van der Waals surface area (Å²) in [5.74, 6) is 1.43. The lowest BCUT2D eigenvalue weighted by molar-refractivity contribution is 0.200. The summed E-state index contributed by atoms with van der Waals surface area (Å²) in [6.45, 7) is 2.08. The third-order valence-corrected chi connectivity index (χ3v) is 3.64. The van der Waals surface area contributed by atoms with E-state index in [1.165, 1.54) is 0 Å². The lowest BCUT2D eigenvalue weighted by Gasteiger charge is -2.39. The number of aliphatic hydroxyl groups is 1. The summed E-state index contributed by atoms with van der Waals surface area (Å²) < 4.78 is 1.15. The Hall–Kier alpha value is -1.20. The molecule has 0 spiro atoms. The lowest BCUT2D eigenvalue weighted by Crippen LogP contribution is -2.48. The molecule has 0 unspecified atom stereocenters. The summed E-state index contributed by atoms with van der Waals surface area (Å²) in [6, 6.07) is 2.01. The first kappa shape index (κ1) is 9.06. The van der Waals surface area contributed by atoms with Gasteiger partial charge in [0, 0.05) is 25.6 Å². The molecule has 3 rings (SSSR count). The molecular weight excluding hydrogens is 210 g/mol. The number of aliphatic hydroxyl groups excluding tert-OH is 1. The summed E-state index contributed by atoms with van der Waals surface area (Å²) in [6.07, 6.45) is 1.61. The Kier molecular flexibility index (Phi) is 2.07. The fourth-order valence-corrected chi connectivity index (χ4v) is 2.72. The van der Waals surface area contributed by atoms with E-state index in [0.717, 1.165) is 29.1 Å². The predicted molar refractivity (Wildman–Crippen MR) is 60.2 cm³/mol. The first-order valence-corrected chi connectivity index (χ1v) is 5.80. The zero-order valence-corrected chi connectivity index (χ0v) is 8.94. The predicted octanol–water partition coefficient (Wildman–Crippen LogP) is 1.12. The van der Waals surface area contributed by atoms with E-state index >= 15 is 0 Å². The highest BCUT2D eigenvalue weighted by atomic mass is 32.1. The molecule has 78 valence electrons. The van der Waals surface area contributed by atoms with Gasteiger partial charge in [0.15, 0.2) is 0 Å². The number of rotatable bonds is 2.